The van der Waals surface area contributed by atoms with E-state index >= 15 is 0 Å². The Hall–Kier alpha value is -4.72. The Balaban J connectivity index is 1.13. The van der Waals surface area contributed by atoms with Crippen LogP contribution in [0.3, 0.4) is 0 Å². The van der Waals surface area contributed by atoms with Crippen LogP contribution >= 0.6 is 0 Å². The molecule has 0 fully saturated rings. The number of nitrogens with zero attached hydrogens (tertiary/aromatic N) is 2. The lowest BCUT2D eigenvalue weighted by Crippen LogP contribution is -2.31. The average Bonchev–Trinajstić information content (AvgIpc) is 3.34. The largest absolute Gasteiger partial charge is 0.462 e. The molecule has 0 spiro atoms. The molecule has 1 aromatic heterocycles. The lowest BCUT2D eigenvalue weighted by molar-refractivity contribution is -0.123. The minimum Gasteiger partial charge on any atom is -0.462 e. The molecule has 0 saturated carbocycles. The van der Waals surface area contributed by atoms with Crippen molar-refractivity contribution in [2.75, 3.05) is 13.2 Å². The van der Waals surface area contributed by atoms with Crippen LogP contribution in [0.4, 0.5) is 0 Å². The van der Waals surface area contributed by atoms with Crippen LogP contribution in [0, 0.1) is 0 Å². The number of pyridine rings is 1. The molecule has 2 heterocycles. The Bertz CT molecular complexity index is 1600. The number of imide groups is 1. The number of hydrogen-bond acceptors (Lipinski definition) is 7. The quantitative estimate of drug-likeness (QED) is 0.215. The first-order valence-electron chi connectivity index (χ1n) is 12.5. The maximum Gasteiger partial charge on any atom is 0.338 e. The molecule has 0 saturated heterocycles. The molecular weight excluding hydrogens is 484 g/mol. The molecule has 8 heteroatoms. The number of fused-ring (bicyclic) bond motifs is 2. The van der Waals surface area contributed by atoms with Gasteiger partial charge in [-0.3, -0.25) is 29.1 Å². The summed E-state index contributed by atoms with van der Waals surface area (Å²) in [5, 5.41) is 0.539. The molecule has 8 nitrogen and oxygen atoms in total. The summed E-state index contributed by atoms with van der Waals surface area (Å²) in [6.45, 7) is 0.153. The lowest BCUT2D eigenvalue weighted by Gasteiger charge is -2.14. The summed E-state index contributed by atoms with van der Waals surface area (Å²) >= 11 is 0. The summed E-state index contributed by atoms with van der Waals surface area (Å²) in [5.41, 5.74) is 2.95. The van der Waals surface area contributed by atoms with E-state index in [0.717, 1.165) is 11.3 Å². The zero-order valence-corrected chi connectivity index (χ0v) is 20.3. The molecule has 0 radical (unpaired) electrons. The number of Topliss-reactive ketones (excluding diaryl/α,β-unsaturated/α-hetero) is 2. The second kappa shape index (κ2) is 9.30. The predicted molar refractivity (Wildman–Crippen MR) is 137 cm³/mol. The molecular formula is C30H22N2O6. The number of benzene rings is 2. The smallest absolute Gasteiger partial charge is 0.338 e. The third-order valence-electron chi connectivity index (χ3n) is 7.16. The first-order valence-corrected chi connectivity index (χ1v) is 12.5. The van der Waals surface area contributed by atoms with E-state index in [9.17, 15) is 24.0 Å². The van der Waals surface area contributed by atoms with Gasteiger partial charge in [-0.15, -0.1) is 0 Å². The Morgan fingerprint density at radius 1 is 0.921 bits per heavy atom. The highest BCUT2D eigenvalue weighted by atomic mass is 16.5. The number of amides is 2. The third-order valence-corrected chi connectivity index (χ3v) is 7.16. The molecule has 1 unspecified atom stereocenters. The summed E-state index contributed by atoms with van der Waals surface area (Å²) in [5.74, 6) is -2.65. The number of hydrogen-bond donors (Lipinski definition) is 0. The number of carbonyl (C=O) groups excluding carboxylic acids is 5. The molecule has 6 rings (SSSR count). The Morgan fingerprint density at radius 3 is 2.42 bits per heavy atom. The van der Waals surface area contributed by atoms with Gasteiger partial charge in [0.15, 0.2) is 11.6 Å². The first kappa shape index (κ1) is 23.7. The van der Waals surface area contributed by atoms with Gasteiger partial charge in [0.25, 0.3) is 11.8 Å². The summed E-state index contributed by atoms with van der Waals surface area (Å²) in [6.07, 6.45) is 5.21. The summed E-state index contributed by atoms with van der Waals surface area (Å²) in [7, 11) is 0. The molecule has 3 aromatic rings. The molecule has 0 N–H and O–H groups in total. The van der Waals surface area contributed by atoms with Crippen molar-refractivity contribution >= 4 is 40.3 Å². The van der Waals surface area contributed by atoms with Crippen molar-refractivity contribution in [1.82, 2.24) is 9.88 Å². The highest BCUT2D eigenvalue weighted by Crippen LogP contribution is 2.37. The second-order valence-electron chi connectivity index (χ2n) is 9.40. The zero-order chi connectivity index (χ0) is 26.4. The Kier molecular flexibility index (Phi) is 5.79. The number of allylic oxidation sites excluding steroid dienone is 4. The molecule has 38 heavy (non-hydrogen) atoms. The normalized spacial score (nSPS) is 18.4. The molecule has 2 aromatic carbocycles. The van der Waals surface area contributed by atoms with Crippen LogP contribution < -0.4 is 0 Å². The Labute approximate surface area is 217 Å². The van der Waals surface area contributed by atoms with Gasteiger partial charge in [0.2, 0.25) is 0 Å². The summed E-state index contributed by atoms with van der Waals surface area (Å²) in [6, 6.07) is 15.0. The van der Waals surface area contributed by atoms with Gasteiger partial charge < -0.3 is 4.74 Å². The van der Waals surface area contributed by atoms with Crippen molar-refractivity contribution in [2.45, 2.75) is 25.2 Å². The minimum absolute atomic E-state index is 0.0178. The summed E-state index contributed by atoms with van der Waals surface area (Å²) in [4.78, 5) is 69.4. The maximum atomic E-state index is 12.9. The van der Waals surface area contributed by atoms with Gasteiger partial charge in [-0.2, -0.15) is 0 Å². The number of aromatic nitrogens is 1. The van der Waals surface area contributed by atoms with Gasteiger partial charge in [0, 0.05) is 23.1 Å². The molecule has 0 bridgehead atoms. The van der Waals surface area contributed by atoms with Crippen molar-refractivity contribution in [2.24, 2.45) is 0 Å². The van der Waals surface area contributed by atoms with Crippen LogP contribution in [0.15, 0.2) is 77.9 Å². The maximum absolute atomic E-state index is 12.9. The van der Waals surface area contributed by atoms with E-state index in [4.69, 9.17) is 4.74 Å². The van der Waals surface area contributed by atoms with E-state index in [1.54, 1.807) is 60.7 Å². The van der Waals surface area contributed by atoms with Crippen LogP contribution in [-0.4, -0.2) is 52.4 Å². The lowest BCUT2D eigenvalue weighted by atomic mass is 9.96. The van der Waals surface area contributed by atoms with Crippen LogP contribution in [0.5, 0.6) is 0 Å². The van der Waals surface area contributed by atoms with Crippen molar-refractivity contribution < 1.29 is 28.7 Å². The number of esters is 1. The van der Waals surface area contributed by atoms with Crippen LogP contribution in [-0.2, 0) is 14.3 Å². The highest BCUT2D eigenvalue weighted by molar-refractivity contribution is 6.29. The Morgan fingerprint density at radius 2 is 1.68 bits per heavy atom. The first-order chi connectivity index (χ1) is 18.5. The number of carbonyl (C=O) groups is 5. The highest BCUT2D eigenvalue weighted by Gasteiger charge is 2.42. The second-order valence-corrected chi connectivity index (χ2v) is 9.40. The minimum atomic E-state index is -0.954. The molecule has 1 aliphatic heterocycles. The topological polar surface area (TPSA) is 111 Å². The number of ketones is 2. The summed E-state index contributed by atoms with van der Waals surface area (Å²) < 4.78 is 5.43. The van der Waals surface area contributed by atoms with E-state index in [1.807, 2.05) is 6.08 Å². The fourth-order valence-electron chi connectivity index (χ4n) is 5.29. The molecule has 2 amide bonds. The van der Waals surface area contributed by atoms with Crippen LogP contribution in [0.2, 0.25) is 0 Å². The van der Waals surface area contributed by atoms with Crippen molar-refractivity contribution in [3.8, 4) is 0 Å². The van der Waals surface area contributed by atoms with Crippen LogP contribution in [0.1, 0.15) is 61.9 Å². The van der Waals surface area contributed by atoms with E-state index in [2.05, 4.69) is 4.98 Å². The van der Waals surface area contributed by atoms with Crippen LogP contribution in [0.25, 0.3) is 10.9 Å². The fraction of sp³-hybridized carbons (Fsp3) is 0.200. The van der Waals surface area contributed by atoms with E-state index in [1.165, 1.54) is 0 Å². The molecule has 3 aliphatic rings. The third kappa shape index (κ3) is 3.76. The fourth-order valence-corrected chi connectivity index (χ4v) is 5.29. The van der Waals surface area contributed by atoms with Gasteiger partial charge in [-0.1, -0.05) is 36.4 Å². The van der Waals surface area contributed by atoms with Gasteiger partial charge >= 0.3 is 5.97 Å². The average molecular weight is 507 g/mol. The SMILES string of the molecule is O=C(OCCCN1C(=O)c2ccccc2C1=O)c1cccc2nc(C3C(=O)C4=C(CCC=C4)C3=O)ccc12. The predicted octanol–water partition coefficient (Wildman–Crippen LogP) is 3.96. The molecule has 188 valence electrons. The zero-order valence-electron chi connectivity index (χ0n) is 20.3. The van der Waals surface area contributed by atoms with Crippen molar-refractivity contribution in [1.29, 1.82) is 0 Å². The number of ether oxygens (including phenoxy) is 1. The van der Waals surface area contributed by atoms with Gasteiger partial charge in [0.1, 0.15) is 5.92 Å². The van der Waals surface area contributed by atoms with Gasteiger partial charge in [0.05, 0.1) is 34.5 Å². The molecule has 2 aliphatic carbocycles. The monoisotopic (exact) mass is 506 g/mol. The van der Waals surface area contributed by atoms with E-state index in [-0.39, 0.29) is 36.5 Å². The van der Waals surface area contributed by atoms with Crippen molar-refractivity contribution in [3.05, 3.63) is 100 Å². The van der Waals surface area contributed by atoms with Gasteiger partial charge in [-0.25, -0.2) is 4.79 Å². The number of rotatable bonds is 6. The standard InChI is InChI=1S/C30H22N2O6/c33-26-18-7-1-2-8-19(18)27(34)25(26)24-14-13-17-22(11-5-12-23(17)31-24)30(37)38-16-6-15-32-28(35)20-9-3-4-10-21(20)29(32)36/h1,3-5,7,9-14,25H,2,6,8,15-16H2. The molecule has 1 atom stereocenters. The van der Waals surface area contributed by atoms with Crippen molar-refractivity contribution in [3.63, 3.8) is 0 Å². The van der Waals surface area contributed by atoms with Gasteiger partial charge in [-0.05, 0) is 49.6 Å². The van der Waals surface area contributed by atoms with E-state index in [0.29, 0.717) is 57.3 Å². The van der Waals surface area contributed by atoms with E-state index < -0.39 is 11.9 Å².